The topological polar surface area (TPSA) is 34.1 Å². The molecular formula is C8H7ClO2. The number of hydrogen-bond donors (Lipinski definition) is 0. The van der Waals surface area contributed by atoms with Crippen LogP contribution in [0.5, 0.6) is 0 Å². The second kappa shape index (κ2) is 2.18. The number of allylic oxidation sites excluding steroid dienone is 2. The first-order valence-electron chi connectivity index (χ1n) is 3.60. The molecule has 3 atom stereocenters. The molecule has 2 aliphatic carbocycles. The van der Waals surface area contributed by atoms with Crippen molar-refractivity contribution in [3.05, 3.63) is 12.2 Å². The number of rotatable bonds is 0. The highest BCUT2D eigenvalue weighted by molar-refractivity contribution is 6.43. The molecule has 1 fully saturated rings. The lowest BCUT2D eigenvalue weighted by atomic mass is 9.85. The number of carbonyl (C=O) groups excluding carboxylic acids is 2. The number of halogens is 1. The van der Waals surface area contributed by atoms with E-state index in [-0.39, 0.29) is 23.4 Å². The first kappa shape index (κ1) is 7.04. The fraction of sp³-hybridized carbons (Fsp3) is 0.500. The smallest absolute Gasteiger partial charge is 0.165 e. The number of carbonyl (C=O) groups is 2. The average Bonchev–Trinajstić information content (AvgIpc) is 2.44. The predicted octanol–water partition coefficient (Wildman–Crippen LogP) is 0.938. The molecule has 1 saturated carbocycles. The molecule has 0 spiro atoms. The minimum Gasteiger partial charge on any atom is -0.297 e. The minimum atomic E-state index is -0.881. The highest BCUT2D eigenvalue weighted by Crippen LogP contribution is 2.34. The lowest BCUT2D eigenvalue weighted by Gasteiger charge is -2.20. The van der Waals surface area contributed by atoms with E-state index < -0.39 is 5.38 Å². The molecule has 0 radical (unpaired) electrons. The Bertz CT molecular complexity index is 233. The third kappa shape index (κ3) is 0.857. The van der Waals surface area contributed by atoms with E-state index in [1.54, 1.807) is 12.2 Å². The lowest BCUT2D eigenvalue weighted by molar-refractivity contribution is -0.132. The van der Waals surface area contributed by atoms with Gasteiger partial charge < -0.3 is 0 Å². The largest absolute Gasteiger partial charge is 0.297 e. The molecule has 2 bridgehead atoms. The Morgan fingerprint density at radius 2 is 1.64 bits per heavy atom. The van der Waals surface area contributed by atoms with Crippen LogP contribution in [0.2, 0.25) is 0 Å². The SMILES string of the molecule is O=C1C(Cl)C(=O)[C@H]2C=C[C@@H]1C2. The molecule has 2 aliphatic rings. The van der Waals surface area contributed by atoms with Crippen molar-refractivity contribution in [3.8, 4) is 0 Å². The van der Waals surface area contributed by atoms with Crippen LogP contribution >= 0.6 is 11.6 Å². The summed E-state index contributed by atoms with van der Waals surface area (Å²) in [6.45, 7) is 0. The van der Waals surface area contributed by atoms with Crippen molar-refractivity contribution < 1.29 is 9.59 Å². The van der Waals surface area contributed by atoms with Gasteiger partial charge in [-0.05, 0) is 6.42 Å². The van der Waals surface area contributed by atoms with Crippen LogP contribution in [0.3, 0.4) is 0 Å². The van der Waals surface area contributed by atoms with Gasteiger partial charge in [0.15, 0.2) is 16.9 Å². The molecule has 2 nitrogen and oxygen atoms in total. The molecule has 0 aromatic rings. The third-order valence-electron chi connectivity index (χ3n) is 2.31. The minimum absolute atomic E-state index is 0.0831. The quantitative estimate of drug-likeness (QED) is 0.308. The second-order valence-electron chi connectivity index (χ2n) is 3.00. The summed E-state index contributed by atoms with van der Waals surface area (Å²) in [5.41, 5.74) is 0. The molecule has 0 amide bonds. The van der Waals surface area contributed by atoms with E-state index in [1.807, 2.05) is 0 Å². The standard InChI is InChI=1S/C8H7ClO2/c9-6-7(10)4-1-2-5(3-4)8(6)11/h1-2,4-6H,3H2/t4-,5+,6?. The highest BCUT2D eigenvalue weighted by Gasteiger charge is 2.42. The van der Waals surface area contributed by atoms with Crippen molar-refractivity contribution in [3.63, 3.8) is 0 Å². The predicted molar refractivity (Wildman–Crippen MR) is 40.4 cm³/mol. The molecule has 0 N–H and O–H groups in total. The van der Waals surface area contributed by atoms with E-state index in [0.29, 0.717) is 6.42 Å². The van der Waals surface area contributed by atoms with Gasteiger partial charge in [0, 0.05) is 11.8 Å². The van der Waals surface area contributed by atoms with Crippen LogP contribution in [0.25, 0.3) is 0 Å². The van der Waals surface area contributed by atoms with Crippen molar-refractivity contribution in [2.45, 2.75) is 11.8 Å². The number of ketones is 2. The van der Waals surface area contributed by atoms with Crippen LogP contribution in [-0.4, -0.2) is 16.9 Å². The molecule has 0 aromatic heterocycles. The summed E-state index contributed by atoms with van der Waals surface area (Å²) in [6, 6.07) is 0. The fourth-order valence-corrected chi connectivity index (χ4v) is 1.96. The van der Waals surface area contributed by atoms with Gasteiger partial charge in [-0.2, -0.15) is 0 Å². The molecule has 0 saturated heterocycles. The molecule has 1 unspecified atom stereocenters. The maximum Gasteiger partial charge on any atom is 0.165 e. The van der Waals surface area contributed by atoms with Crippen LogP contribution in [-0.2, 0) is 9.59 Å². The molecule has 0 heterocycles. The van der Waals surface area contributed by atoms with E-state index in [4.69, 9.17) is 11.6 Å². The Morgan fingerprint density at radius 3 is 2.09 bits per heavy atom. The van der Waals surface area contributed by atoms with Gasteiger partial charge in [0.25, 0.3) is 0 Å². The zero-order chi connectivity index (χ0) is 8.01. The number of hydrogen-bond acceptors (Lipinski definition) is 2. The number of Topliss-reactive ketones (excluding diaryl/α,β-unsaturated/α-hetero) is 2. The summed E-state index contributed by atoms with van der Waals surface area (Å²) in [6.07, 6.45) is 4.25. The highest BCUT2D eigenvalue weighted by atomic mass is 35.5. The normalized spacial score (nSPS) is 41.7. The first-order chi connectivity index (χ1) is 5.20. The first-order valence-corrected chi connectivity index (χ1v) is 4.03. The molecule has 2 rings (SSSR count). The molecule has 3 heteroatoms. The van der Waals surface area contributed by atoms with Crippen molar-refractivity contribution in [1.29, 1.82) is 0 Å². The van der Waals surface area contributed by atoms with Gasteiger partial charge in [-0.1, -0.05) is 12.2 Å². The van der Waals surface area contributed by atoms with Gasteiger partial charge in [-0.25, -0.2) is 0 Å². The van der Waals surface area contributed by atoms with E-state index >= 15 is 0 Å². The lowest BCUT2D eigenvalue weighted by Crippen LogP contribution is -2.37. The molecule has 0 aliphatic heterocycles. The van der Waals surface area contributed by atoms with Gasteiger partial charge in [0.2, 0.25) is 0 Å². The van der Waals surface area contributed by atoms with Gasteiger partial charge in [-0.15, -0.1) is 11.6 Å². The van der Waals surface area contributed by atoms with E-state index in [9.17, 15) is 9.59 Å². The zero-order valence-corrected chi connectivity index (χ0v) is 6.54. The van der Waals surface area contributed by atoms with Crippen molar-refractivity contribution >= 4 is 23.2 Å². The van der Waals surface area contributed by atoms with Crippen LogP contribution in [0.4, 0.5) is 0 Å². The number of fused-ring (bicyclic) bond motifs is 2. The summed E-state index contributed by atoms with van der Waals surface area (Å²) in [5.74, 6) is -0.413. The van der Waals surface area contributed by atoms with Gasteiger partial charge in [-0.3, -0.25) is 9.59 Å². The van der Waals surface area contributed by atoms with Crippen LogP contribution in [0.15, 0.2) is 12.2 Å². The van der Waals surface area contributed by atoms with Crippen LogP contribution in [0, 0.1) is 11.8 Å². The molecule has 58 valence electrons. The Balaban J connectivity index is 2.36. The molecule has 0 aromatic carbocycles. The van der Waals surface area contributed by atoms with E-state index in [2.05, 4.69) is 0 Å². The van der Waals surface area contributed by atoms with Gasteiger partial charge >= 0.3 is 0 Å². The van der Waals surface area contributed by atoms with Crippen molar-refractivity contribution in [2.75, 3.05) is 0 Å². The fourth-order valence-electron chi connectivity index (χ4n) is 1.64. The van der Waals surface area contributed by atoms with Crippen LogP contribution < -0.4 is 0 Å². The Labute approximate surface area is 69.2 Å². The van der Waals surface area contributed by atoms with E-state index in [0.717, 1.165) is 0 Å². The maximum atomic E-state index is 11.2. The third-order valence-corrected chi connectivity index (χ3v) is 2.74. The monoisotopic (exact) mass is 170 g/mol. The Hall–Kier alpha value is -0.630. The molecular weight excluding hydrogens is 164 g/mol. The summed E-state index contributed by atoms with van der Waals surface area (Å²) in [4.78, 5) is 22.4. The van der Waals surface area contributed by atoms with Gasteiger partial charge in [0.1, 0.15) is 0 Å². The van der Waals surface area contributed by atoms with Gasteiger partial charge in [0.05, 0.1) is 0 Å². The van der Waals surface area contributed by atoms with Crippen molar-refractivity contribution in [1.82, 2.24) is 0 Å². The maximum absolute atomic E-state index is 11.2. The summed E-state index contributed by atoms with van der Waals surface area (Å²) in [5, 5.41) is -0.881. The van der Waals surface area contributed by atoms with Crippen LogP contribution in [0.1, 0.15) is 6.42 Å². The summed E-state index contributed by atoms with van der Waals surface area (Å²) in [7, 11) is 0. The summed E-state index contributed by atoms with van der Waals surface area (Å²) >= 11 is 5.61. The summed E-state index contributed by atoms with van der Waals surface area (Å²) < 4.78 is 0. The Morgan fingerprint density at radius 1 is 1.18 bits per heavy atom. The Kier molecular flexibility index (Phi) is 1.39. The van der Waals surface area contributed by atoms with Crippen molar-refractivity contribution in [2.24, 2.45) is 11.8 Å². The van der Waals surface area contributed by atoms with E-state index in [1.165, 1.54) is 0 Å². The average molecular weight is 171 g/mol. The zero-order valence-electron chi connectivity index (χ0n) is 5.79. The molecule has 11 heavy (non-hydrogen) atoms. The second-order valence-corrected chi connectivity index (χ2v) is 3.44. The number of alkyl halides is 1.